The largest absolute Gasteiger partial charge is 0.327 e. The van der Waals surface area contributed by atoms with E-state index in [0.29, 0.717) is 12.0 Å². The first-order valence-electron chi connectivity index (χ1n) is 3.94. The van der Waals surface area contributed by atoms with E-state index in [9.17, 15) is 0 Å². The van der Waals surface area contributed by atoms with Crippen LogP contribution >= 0.6 is 0 Å². The zero-order chi connectivity index (χ0) is 8.01. The van der Waals surface area contributed by atoms with E-state index in [2.05, 4.69) is 12.0 Å². The Bertz CT molecular complexity index is 277. The second-order valence-corrected chi connectivity index (χ2v) is 3.31. The van der Waals surface area contributed by atoms with E-state index >= 15 is 0 Å². The lowest BCUT2D eigenvalue weighted by Crippen LogP contribution is -2.01. The molecule has 1 aliphatic rings. The Hall–Kier alpha value is -0.830. The quantitative estimate of drug-likeness (QED) is 0.636. The summed E-state index contributed by atoms with van der Waals surface area (Å²) in [6.07, 6.45) is 3.07. The number of hydrogen-bond acceptors (Lipinski definition) is 2. The molecule has 3 nitrogen and oxygen atoms in total. The fraction of sp³-hybridized carbons (Fsp3) is 0.625. The van der Waals surface area contributed by atoms with Crippen LogP contribution in [0, 0.1) is 6.92 Å². The highest BCUT2D eigenvalue weighted by molar-refractivity contribution is 5.28. The number of aromatic nitrogens is 2. The van der Waals surface area contributed by atoms with Crippen LogP contribution in [-0.2, 0) is 7.05 Å². The smallest absolute Gasteiger partial charge is 0.0527 e. The van der Waals surface area contributed by atoms with E-state index in [1.807, 2.05) is 17.9 Å². The summed E-state index contributed by atoms with van der Waals surface area (Å²) < 4.78 is 1.90. The van der Waals surface area contributed by atoms with Gasteiger partial charge in [-0.1, -0.05) is 0 Å². The Kier molecular flexibility index (Phi) is 1.29. The fourth-order valence-electron chi connectivity index (χ4n) is 1.45. The van der Waals surface area contributed by atoms with Gasteiger partial charge in [-0.3, -0.25) is 4.68 Å². The Labute approximate surface area is 66.2 Å². The van der Waals surface area contributed by atoms with Crippen molar-refractivity contribution in [3.8, 4) is 0 Å². The second-order valence-electron chi connectivity index (χ2n) is 3.31. The molecule has 3 heteroatoms. The molecule has 1 fully saturated rings. The van der Waals surface area contributed by atoms with Gasteiger partial charge in [-0.25, -0.2) is 0 Å². The minimum atomic E-state index is 0.387. The highest BCUT2D eigenvalue weighted by Gasteiger charge is 2.36. The average molecular weight is 151 g/mol. The van der Waals surface area contributed by atoms with E-state index < -0.39 is 0 Å². The third-order valence-electron chi connectivity index (χ3n) is 2.51. The van der Waals surface area contributed by atoms with Gasteiger partial charge in [0.25, 0.3) is 0 Å². The maximum absolute atomic E-state index is 5.74. The van der Waals surface area contributed by atoms with Crippen molar-refractivity contribution in [2.24, 2.45) is 12.8 Å². The molecule has 2 N–H and O–H groups in total. The number of rotatable bonds is 1. The lowest BCUT2D eigenvalue weighted by molar-refractivity contribution is 0.737. The molecular formula is C8H13N3. The lowest BCUT2D eigenvalue weighted by Gasteiger charge is -1.96. The zero-order valence-corrected chi connectivity index (χ0v) is 6.91. The van der Waals surface area contributed by atoms with Crippen LogP contribution in [0.2, 0.25) is 0 Å². The number of nitrogens with zero attached hydrogens (tertiary/aromatic N) is 2. The standard InChI is InChI=1S/C8H13N3/c1-5-7(4-10-11(5)2)6-3-8(6)9/h4,6,8H,3,9H2,1-2H3/t6-,8+/m0/s1. The van der Waals surface area contributed by atoms with Gasteiger partial charge in [0.15, 0.2) is 0 Å². The monoisotopic (exact) mass is 151 g/mol. The van der Waals surface area contributed by atoms with Crippen LogP contribution in [0.25, 0.3) is 0 Å². The molecule has 0 bridgehead atoms. The van der Waals surface area contributed by atoms with Gasteiger partial charge in [-0.05, 0) is 18.9 Å². The molecule has 1 heterocycles. The molecule has 60 valence electrons. The molecule has 0 aliphatic heterocycles. The molecule has 0 spiro atoms. The lowest BCUT2D eigenvalue weighted by atomic mass is 10.2. The van der Waals surface area contributed by atoms with E-state index in [1.165, 1.54) is 11.3 Å². The summed E-state index contributed by atoms with van der Waals surface area (Å²) in [5.41, 5.74) is 8.33. The zero-order valence-electron chi connectivity index (χ0n) is 6.91. The first kappa shape index (κ1) is 6.85. The molecule has 2 rings (SSSR count). The summed E-state index contributed by atoms with van der Waals surface area (Å²) in [6, 6.07) is 0.387. The van der Waals surface area contributed by atoms with E-state index in [0.717, 1.165) is 6.42 Å². The van der Waals surface area contributed by atoms with Crippen LogP contribution in [0.4, 0.5) is 0 Å². The average Bonchev–Trinajstić information content (AvgIpc) is 2.58. The van der Waals surface area contributed by atoms with Gasteiger partial charge in [0, 0.05) is 24.7 Å². The van der Waals surface area contributed by atoms with Crippen molar-refractivity contribution in [3.63, 3.8) is 0 Å². The predicted molar refractivity (Wildman–Crippen MR) is 43.3 cm³/mol. The Morgan fingerprint density at radius 1 is 1.73 bits per heavy atom. The SMILES string of the molecule is Cc1c([C@@H]2C[C@H]2N)cnn1C. The topological polar surface area (TPSA) is 43.8 Å². The Morgan fingerprint density at radius 2 is 2.36 bits per heavy atom. The first-order chi connectivity index (χ1) is 5.20. The van der Waals surface area contributed by atoms with Crippen LogP contribution < -0.4 is 5.73 Å². The van der Waals surface area contributed by atoms with E-state index in [-0.39, 0.29) is 0 Å². The predicted octanol–water partition coefficient (Wildman–Crippen LogP) is 0.543. The van der Waals surface area contributed by atoms with Gasteiger partial charge in [0.05, 0.1) is 6.20 Å². The summed E-state index contributed by atoms with van der Waals surface area (Å²) >= 11 is 0. The molecule has 1 saturated carbocycles. The van der Waals surface area contributed by atoms with Crippen molar-refractivity contribution in [2.75, 3.05) is 0 Å². The molecule has 0 amide bonds. The van der Waals surface area contributed by atoms with Gasteiger partial charge in [-0.15, -0.1) is 0 Å². The van der Waals surface area contributed by atoms with Crippen molar-refractivity contribution in [1.29, 1.82) is 0 Å². The molecule has 0 saturated heterocycles. The van der Waals surface area contributed by atoms with E-state index in [1.54, 1.807) is 0 Å². The summed E-state index contributed by atoms with van der Waals surface area (Å²) in [6.45, 7) is 2.09. The molecule has 1 aromatic heterocycles. The van der Waals surface area contributed by atoms with Gasteiger partial charge in [-0.2, -0.15) is 5.10 Å². The van der Waals surface area contributed by atoms with Crippen LogP contribution in [0.1, 0.15) is 23.6 Å². The van der Waals surface area contributed by atoms with Crippen molar-refractivity contribution in [1.82, 2.24) is 9.78 Å². The summed E-state index contributed by atoms with van der Waals surface area (Å²) in [7, 11) is 1.97. The van der Waals surface area contributed by atoms with Crippen molar-refractivity contribution >= 4 is 0 Å². The highest BCUT2D eigenvalue weighted by atomic mass is 15.3. The van der Waals surface area contributed by atoms with Crippen molar-refractivity contribution in [3.05, 3.63) is 17.5 Å². The summed E-state index contributed by atoms with van der Waals surface area (Å²) in [5, 5.41) is 4.17. The van der Waals surface area contributed by atoms with Gasteiger partial charge in [0.2, 0.25) is 0 Å². The first-order valence-corrected chi connectivity index (χ1v) is 3.94. The fourth-order valence-corrected chi connectivity index (χ4v) is 1.45. The third kappa shape index (κ3) is 0.959. The van der Waals surface area contributed by atoms with E-state index in [4.69, 9.17) is 5.73 Å². The minimum Gasteiger partial charge on any atom is -0.327 e. The second kappa shape index (κ2) is 2.08. The van der Waals surface area contributed by atoms with Gasteiger partial charge in [0.1, 0.15) is 0 Å². The Morgan fingerprint density at radius 3 is 2.73 bits per heavy atom. The number of hydrogen-bond donors (Lipinski definition) is 1. The molecule has 0 radical (unpaired) electrons. The van der Waals surface area contributed by atoms with Crippen LogP contribution in [0.3, 0.4) is 0 Å². The molecule has 1 aliphatic carbocycles. The number of aryl methyl sites for hydroxylation is 1. The normalized spacial score (nSPS) is 29.0. The summed E-state index contributed by atoms with van der Waals surface area (Å²) in [5.74, 6) is 0.587. The molecule has 0 unspecified atom stereocenters. The van der Waals surface area contributed by atoms with Crippen LogP contribution in [0.5, 0.6) is 0 Å². The maximum atomic E-state index is 5.74. The summed E-state index contributed by atoms with van der Waals surface area (Å²) in [4.78, 5) is 0. The van der Waals surface area contributed by atoms with Crippen molar-refractivity contribution < 1.29 is 0 Å². The molecule has 1 aromatic rings. The van der Waals surface area contributed by atoms with Crippen molar-refractivity contribution in [2.45, 2.75) is 25.3 Å². The third-order valence-corrected chi connectivity index (χ3v) is 2.51. The molecule has 11 heavy (non-hydrogen) atoms. The molecule has 2 atom stereocenters. The Balaban J connectivity index is 2.31. The molecular weight excluding hydrogens is 138 g/mol. The highest BCUT2D eigenvalue weighted by Crippen LogP contribution is 2.39. The molecule has 0 aromatic carbocycles. The minimum absolute atomic E-state index is 0.387. The van der Waals surface area contributed by atoms with Gasteiger partial charge >= 0.3 is 0 Å². The number of nitrogens with two attached hydrogens (primary N) is 1. The van der Waals surface area contributed by atoms with Crippen LogP contribution in [-0.4, -0.2) is 15.8 Å². The maximum Gasteiger partial charge on any atom is 0.0527 e. The van der Waals surface area contributed by atoms with Gasteiger partial charge < -0.3 is 5.73 Å². The van der Waals surface area contributed by atoms with Crippen LogP contribution in [0.15, 0.2) is 6.20 Å².